The molecule has 8 nitrogen and oxygen atoms in total. The van der Waals surface area contributed by atoms with Crippen LogP contribution in [-0.4, -0.2) is 82.0 Å². The lowest BCUT2D eigenvalue weighted by Crippen LogP contribution is -2.57. The van der Waals surface area contributed by atoms with E-state index in [0.29, 0.717) is 56.5 Å². The van der Waals surface area contributed by atoms with Crippen LogP contribution in [0.5, 0.6) is 11.5 Å². The van der Waals surface area contributed by atoms with Crippen molar-refractivity contribution in [2.75, 3.05) is 60.4 Å². The summed E-state index contributed by atoms with van der Waals surface area (Å²) in [5.74, 6) is 0.975. The molecule has 0 bridgehead atoms. The van der Waals surface area contributed by atoms with E-state index < -0.39 is 0 Å². The number of nitrogens with zero attached hydrogens (tertiary/aromatic N) is 2. The van der Waals surface area contributed by atoms with Crippen molar-refractivity contribution >= 4 is 11.8 Å². The van der Waals surface area contributed by atoms with Gasteiger partial charge in [-0.3, -0.25) is 9.59 Å². The molecule has 2 amide bonds. The Balaban J connectivity index is 1.55. The predicted molar refractivity (Wildman–Crippen MR) is 92.3 cm³/mol. The van der Waals surface area contributed by atoms with Gasteiger partial charge < -0.3 is 28.7 Å². The van der Waals surface area contributed by atoms with Crippen LogP contribution in [0.25, 0.3) is 0 Å². The first-order chi connectivity index (χ1) is 12.6. The molecule has 0 saturated carbocycles. The second-order valence-electron chi connectivity index (χ2n) is 6.29. The lowest BCUT2D eigenvalue weighted by molar-refractivity contribution is -0.141. The molecule has 26 heavy (non-hydrogen) atoms. The highest BCUT2D eigenvalue weighted by Crippen LogP contribution is 2.33. The highest BCUT2D eigenvalue weighted by molar-refractivity contribution is 5.96. The van der Waals surface area contributed by atoms with Crippen molar-refractivity contribution in [1.82, 2.24) is 9.80 Å². The molecule has 3 rings (SSSR count). The lowest BCUT2D eigenvalue weighted by Gasteiger charge is -2.40. The number of likely N-dealkylation sites (tertiary alicyclic amines) is 1. The molecule has 0 unspecified atom stereocenters. The van der Waals surface area contributed by atoms with Gasteiger partial charge in [0.1, 0.15) is 0 Å². The summed E-state index contributed by atoms with van der Waals surface area (Å²) >= 11 is 0. The average molecular weight is 364 g/mol. The fourth-order valence-corrected chi connectivity index (χ4v) is 3.01. The van der Waals surface area contributed by atoms with E-state index in [4.69, 9.17) is 18.9 Å². The molecule has 1 aromatic rings. The van der Waals surface area contributed by atoms with E-state index in [-0.39, 0.29) is 24.5 Å². The number of amides is 2. The van der Waals surface area contributed by atoms with Crippen LogP contribution in [0.4, 0.5) is 0 Å². The molecule has 0 aliphatic carbocycles. The molecule has 0 N–H and O–H groups in total. The molecule has 0 aromatic heterocycles. The third-order valence-electron chi connectivity index (χ3n) is 4.58. The Morgan fingerprint density at radius 1 is 1.12 bits per heavy atom. The second kappa shape index (κ2) is 8.37. The van der Waals surface area contributed by atoms with Gasteiger partial charge >= 0.3 is 0 Å². The molecule has 2 heterocycles. The van der Waals surface area contributed by atoms with Gasteiger partial charge in [0, 0.05) is 46.0 Å². The van der Waals surface area contributed by atoms with Crippen LogP contribution < -0.4 is 9.47 Å². The van der Waals surface area contributed by atoms with Crippen molar-refractivity contribution < 1.29 is 28.5 Å². The zero-order valence-corrected chi connectivity index (χ0v) is 15.1. The fourth-order valence-electron chi connectivity index (χ4n) is 3.01. The van der Waals surface area contributed by atoms with Crippen LogP contribution in [0.3, 0.4) is 0 Å². The summed E-state index contributed by atoms with van der Waals surface area (Å²) in [6, 6.07) is 5.13. The number of ether oxygens (including phenoxy) is 4. The number of carbonyl (C=O) groups is 2. The SMILES string of the molecule is COCCN(CCOC)C(=O)C1CN(C(=O)c2ccc3c(c2)OCO3)C1. The molecular weight excluding hydrogens is 340 g/mol. The molecule has 1 fully saturated rings. The van der Waals surface area contributed by atoms with Gasteiger partial charge in [0.25, 0.3) is 5.91 Å². The molecule has 8 heteroatoms. The lowest BCUT2D eigenvalue weighted by atomic mass is 9.97. The van der Waals surface area contributed by atoms with Gasteiger partial charge in [-0.25, -0.2) is 0 Å². The quantitative estimate of drug-likeness (QED) is 0.673. The topological polar surface area (TPSA) is 77.5 Å². The minimum Gasteiger partial charge on any atom is -0.454 e. The number of rotatable bonds is 8. The number of fused-ring (bicyclic) bond motifs is 1. The normalized spacial score (nSPS) is 15.7. The van der Waals surface area contributed by atoms with Crippen LogP contribution in [0.2, 0.25) is 0 Å². The Bertz CT molecular complexity index is 651. The van der Waals surface area contributed by atoms with E-state index in [1.165, 1.54) is 0 Å². The van der Waals surface area contributed by atoms with E-state index >= 15 is 0 Å². The Morgan fingerprint density at radius 3 is 2.42 bits per heavy atom. The van der Waals surface area contributed by atoms with Crippen LogP contribution >= 0.6 is 0 Å². The molecule has 142 valence electrons. The second-order valence-corrected chi connectivity index (χ2v) is 6.29. The zero-order valence-electron chi connectivity index (χ0n) is 15.1. The summed E-state index contributed by atoms with van der Waals surface area (Å²) in [7, 11) is 3.21. The van der Waals surface area contributed by atoms with Crippen LogP contribution in [0.1, 0.15) is 10.4 Å². The van der Waals surface area contributed by atoms with Gasteiger partial charge in [-0.1, -0.05) is 0 Å². The Labute approximate surface area is 152 Å². The monoisotopic (exact) mass is 364 g/mol. The van der Waals surface area contributed by atoms with Crippen molar-refractivity contribution in [3.05, 3.63) is 23.8 Å². The van der Waals surface area contributed by atoms with Crippen molar-refractivity contribution in [3.8, 4) is 11.5 Å². The molecular formula is C18H24N2O6. The number of hydrogen-bond acceptors (Lipinski definition) is 6. The van der Waals surface area contributed by atoms with E-state index in [1.54, 1.807) is 42.2 Å². The Morgan fingerprint density at radius 2 is 1.77 bits per heavy atom. The predicted octanol–water partition coefficient (Wildman–Crippen LogP) is 0.609. The average Bonchev–Trinajstić information content (AvgIpc) is 3.08. The maximum Gasteiger partial charge on any atom is 0.254 e. The van der Waals surface area contributed by atoms with Gasteiger partial charge in [-0.15, -0.1) is 0 Å². The number of methoxy groups -OCH3 is 2. The molecule has 0 atom stereocenters. The standard InChI is InChI=1S/C18H24N2O6/c1-23-7-5-19(6-8-24-2)18(22)14-10-20(11-14)17(21)13-3-4-15-16(9-13)26-12-25-15/h3-4,9,14H,5-8,10-12H2,1-2H3. The van der Waals surface area contributed by atoms with Crippen molar-refractivity contribution in [1.29, 1.82) is 0 Å². The summed E-state index contributed by atoms with van der Waals surface area (Å²) in [5, 5.41) is 0. The summed E-state index contributed by atoms with van der Waals surface area (Å²) in [6.45, 7) is 3.00. The van der Waals surface area contributed by atoms with Crippen molar-refractivity contribution in [2.45, 2.75) is 0 Å². The number of benzene rings is 1. The van der Waals surface area contributed by atoms with E-state index in [0.717, 1.165) is 0 Å². The summed E-state index contributed by atoms with van der Waals surface area (Å²) < 4.78 is 20.7. The van der Waals surface area contributed by atoms with Gasteiger partial charge in [-0.2, -0.15) is 0 Å². The van der Waals surface area contributed by atoms with Crippen molar-refractivity contribution in [2.24, 2.45) is 5.92 Å². The Hall–Kier alpha value is -2.32. The van der Waals surface area contributed by atoms with Gasteiger partial charge in [0.05, 0.1) is 19.1 Å². The van der Waals surface area contributed by atoms with Gasteiger partial charge in [0.15, 0.2) is 11.5 Å². The third kappa shape index (κ3) is 3.91. The first-order valence-corrected chi connectivity index (χ1v) is 8.59. The van der Waals surface area contributed by atoms with E-state index in [1.807, 2.05) is 0 Å². The highest BCUT2D eigenvalue weighted by atomic mass is 16.7. The molecule has 1 aromatic carbocycles. The summed E-state index contributed by atoms with van der Waals surface area (Å²) in [4.78, 5) is 28.6. The van der Waals surface area contributed by atoms with Crippen LogP contribution in [0, 0.1) is 5.92 Å². The van der Waals surface area contributed by atoms with E-state index in [2.05, 4.69) is 0 Å². The third-order valence-corrected chi connectivity index (χ3v) is 4.58. The highest BCUT2D eigenvalue weighted by Gasteiger charge is 2.38. The molecule has 1 saturated heterocycles. The van der Waals surface area contributed by atoms with Crippen LogP contribution in [0.15, 0.2) is 18.2 Å². The molecule has 0 spiro atoms. The van der Waals surface area contributed by atoms with Gasteiger partial charge in [0.2, 0.25) is 12.7 Å². The smallest absolute Gasteiger partial charge is 0.254 e. The largest absolute Gasteiger partial charge is 0.454 e. The number of hydrogen-bond donors (Lipinski definition) is 0. The zero-order chi connectivity index (χ0) is 18.5. The molecule has 0 radical (unpaired) electrons. The number of carbonyl (C=O) groups excluding carboxylic acids is 2. The maximum absolute atomic E-state index is 12.6. The molecule has 2 aliphatic rings. The Kier molecular flexibility index (Phi) is 5.95. The maximum atomic E-state index is 12.6. The summed E-state index contributed by atoms with van der Waals surface area (Å²) in [6.07, 6.45) is 0. The molecule has 2 aliphatic heterocycles. The van der Waals surface area contributed by atoms with Gasteiger partial charge in [-0.05, 0) is 18.2 Å². The first-order valence-electron chi connectivity index (χ1n) is 8.59. The van der Waals surface area contributed by atoms with Crippen molar-refractivity contribution in [3.63, 3.8) is 0 Å². The minimum atomic E-state index is -0.179. The van der Waals surface area contributed by atoms with Crippen LogP contribution in [-0.2, 0) is 14.3 Å². The first kappa shape index (κ1) is 18.5. The van der Waals surface area contributed by atoms with E-state index in [9.17, 15) is 9.59 Å². The summed E-state index contributed by atoms with van der Waals surface area (Å²) in [5.41, 5.74) is 0.538. The minimum absolute atomic E-state index is 0.0360. The fraction of sp³-hybridized carbons (Fsp3) is 0.556.